The molecule has 6 N–H and O–H groups in total. The van der Waals surface area contributed by atoms with E-state index >= 15 is 0 Å². The van der Waals surface area contributed by atoms with Gasteiger partial charge in [-0.3, -0.25) is 9.69 Å². The van der Waals surface area contributed by atoms with Crippen LogP contribution in [0.5, 0.6) is 0 Å². The fraction of sp³-hybridized carbons (Fsp3) is 0.889. The number of aliphatic hydroxyl groups is 3. The molecule has 7 nitrogen and oxygen atoms in total. The van der Waals surface area contributed by atoms with E-state index in [9.17, 15) is 15.0 Å². The Morgan fingerprint density at radius 3 is 2.56 bits per heavy atom. The Labute approximate surface area is 93.8 Å². The van der Waals surface area contributed by atoms with E-state index in [-0.39, 0.29) is 19.2 Å². The SMILES string of the molecule is CC(=O)NC1CN(CN)C(CO)[C@H](O)[C@@H]1O. The van der Waals surface area contributed by atoms with Crippen molar-refractivity contribution in [3.63, 3.8) is 0 Å². The number of likely N-dealkylation sites (tertiary alicyclic amines) is 1. The molecule has 1 aliphatic heterocycles. The molecule has 0 aromatic heterocycles. The molecular formula is C9H19N3O4. The number of aliphatic hydroxyl groups excluding tert-OH is 3. The first-order chi connectivity index (χ1) is 7.51. The quantitative estimate of drug-likeness (QED) is 0.350. The minimum atomic E-state index is -1.13. The van der Waals surface area contributed by atoms with Gasteiger partial charge in [-0.25, -0.2) is 0 Å². The van der Waals surface area contributed by atoms with Gasteiger partial charge in [-0.2, -0.15) is 0 Å². The number of carbonyl (C=O) groups is 1. The van der Waals surface area contributed by atoms with Crippen molar-refractivity contribution in [2.45, 2.75) is 31.2 Å². The van der Waals surface area contributed by atoms with Crippen molar-refractivity contribution in [3.05, 3.63) is 0 Å². The van der Waals surface area contributed by atoms with Crippen molar-refractivity contribution in [2.24, 2.45) is 5.73 Å². The number of nitrogens with one attached hydrogen (secondary N) is 1. The Bertz CT molecular complexity index is 249. The van der Waals surface area contributed by atoms with Gasteiger partial charge in [0.05, 0.1) is 24.8 Å². The first-order valence-electron chi connectivity index (χ1n) is 5.19. The second kappa shape index (κ2) is 5.55. The third-order valence-electron chi connectivity index (χ3n) is 2.87. The molecule has 0 aliphatic carbocycles. The Morgan fingerprint density at radius 2 is 2.12 bits per heavy atom. The highest BCUT2D eigenvalue weighted by atomic mass is 16.3. The Morgan fingerprint density at radius 1 is 1.50 bits per heavy atom. The van der Waals surface area contributed by atoms with Crippen LogP contribution in [0.3, 0.4) is 0 Å². The Balaban J connectivity index is 2.74. The van der Waals surface area contributed by atoms with Crippen LogP contribution in [0.4, 0.5) is 0 Å². The second-order valence-electron chi connectivity index (χ2n) is 3.99. The zero-order chi connectivity index (χ0) is 12.3. The maximum atomic E-state index is 10.9. The fourth-order valence-corrected chi connectivity index (χ4v) is 2.00. The average Bonchev–Trinajstić information content (AvgIpc) is 2.24. The summed E-state index contributed by atoms with van der Waals surface area (Å²) in [5.74, 6) is -0.282. The van der Waals surface area contributed by atoms with Crippen molar-refractivity contribution >= 4 is 5.91 Å². The number of nitrogens with zero attached hydrogens (tertiary/aromatic N) is 1. The number of rotatable bonds is 3. The molecule has 0 radical (unpaired) electrons. The van der Waals surface area contributed by atoms with Crippen LogP contribution in [0, 0.1) is 0 Å². The molecule has 0 bridgehead atoms. The van der Waals surface area contributed by atoms with Gasteiger partial charge in [0.15, 0.2) is 0 Å². The number of hydrogen-bond acceptors (Lipinski definition) is 6. The predicted octanol–water partition coefficient (Wildman–Crippen LogP) is -3.19. The van der Waals surface area contributed by atoms with Crippen LogP contribution in [0.25, 0.3) is 0 Å². The summed E-state index contributed by atoms with van der Waals surface area (Å²) in [4.78, 5) is 12.5. The minimum Gasteiger partial charge on any atom is -0.395 e. The maximum absolute atomic E-state index is 10.9. The standard InChI is InChI=1S/C9H19N3O4/c1-5(14)11-6-2-12(4-10)7(3-13)9(16)8(6)15/h6-9,13,15-16H,2-4,10H2,1H3,(H,11,14)/t6?,7?,8-,9+/m1/s1. The lowest BCUT2D eigenvalue weighted by Gasteiger charge is -2.44. The van der Waals surface area contributed by atoms with E-state index in [1.807, 2.05) is 0 Å². The van der Waals surface area contributed by atoms with Gasteiger partial charge in [-0.1, -0.05) is 0 Å². The Kier molecular flexibility index (Phi) is 4.63. The van der Waals surface area contributed by atoms with E-state index < -0.39 is 24.3 Å². The number of piperidine rings is 1. The number of hydrogen-bond donors (Lipinski definition) is 5. The molecule has 1 saturated heterocycles. The number of carbonyl (C=O) groups excluding carboxylic acids is 1. The fourth-order valence-electron chi connectivity index (χ4n) is 2.00. The highest BCUT2D eigenvalue weighted by Gasteiger charge is 2.41. The summed E-state index contributed by atoms with van der Waals surface area (Å²) in [6.07, 6.45) is -2.22. The molecule has 1 fully saturated rings. The van der Waals surface area contributed by atoms with Crippen molar-refractivity contribution in [2.75, 3.05) is 19.8 Å². The molecule has 16 heavy (non-hydrogen) atoms. The van der Waals surface area contributed by atoms with Gasteiger partial charge in [-0.15, -0.1) is 0 Å². The van der Waals surface area contributed by atoms with Crippen LogP contribution in [0.1, 0.15) is 6.92 Å². The van der Waals surface area contributed by atoms with Gasteiger partial charge in [0.1, 0.15) is 6.10 Å². The summed E-state index contributed by atoms with van der Waals surface area (Å²) in [5.41, 5.74) is 5.48. The Hall–Kier alpha value is -0.730. The molecule has 0 saturated carbocycles. The summed E-state index contributed by atoms with van der Waals surface area (Å²) in [7, 11) is 0. The lowest BCUT2D eigenvalue weighted by molar-refractivity contribution is -0.128. The topological polar surface area (TPSA) is 119 Å². The van der Waals surface area contributed by atoms with E-state index in [0.717, 1.165) is 0 Å². The van der Waals surface area contributed by atoms with Gasteiger partial charge < -0.3 is 26.4 Å². The van der Waals surface area contributed by atoms with Gasteiger partial charge in [0.25, 0.3) is 0 Å². The highest BCUT2D eigenvalue weighted by Crippen LogP contribution is 2.17. The summed E-state index contributed by atoms with van der Waals surface area (Å²) in [6, 6.07) is -1.16. The molecule has 1 rings (SSSR count). The van der Waals surface area contributed by atoms with Crippen molar-refractivity contribution in [1.82, 2.24) is 10.2 Å². The van der Waals surface area contributed by atoms with E-state index in [1.54, 1.807) is 4.90 Å². The molecule has 4 atom stereocenters. The van der Waals surface area contributed by atoms with Crippen LogP contribution < -0.4 is 11.1 Å². The van der Waals surface area contributed by atoms with Crippen LogP contribution in [0.15, 0.2) is 0 Å². The minimum absolute atomic E-state index is 0.144. The van der Waals surface area contributed by atoms with E-state index in [2.05, 4.69) is 5.32 Å². The second-order valence-corrected chi connectivity index (χ2v) is 3.99. The summed E-state index contributed by atoms with van der Waals surface area (Å²) in [6.45, 7) is 1.50. The lowest BCUT2D eigenvalue weighted by atomic mass is 9.93. The van der Waals surface area contributed by atoms with Gasteiger partial charge in [0, 0.05) is 20.1 Å². The van der Waals surface area contributed by atoms with Gasteiger partial charge >= 0.3 is 0 Å². The molecule has 0 aromatic carbocycles. The zero-order valence-electron chi connectivity index (χ0n) is 9.21. The van der Waals surface area contributed by atoms with Crippen LogP contribution >= 0.6 is 0 Å². The smallest absolute Gasteiger partial charge is 0.217 e. The molecule has 0 aromatic rings. The van der Waals surface area contributed by atoms with Gasteiger partial charge in [-0.05, 0) is 0 Å². The van der Waals surface area contributed by atoms with Crippen LogP contribution in [-0.2, 0) is 4.79 Å². The third kappa shape index (κ3) is 2.69. The predicted molar refractivity (Wildman–Crippen MR) is 56.3 cm³/mol. The molecule has 1 amide bonds. The maximum Gasteiger partial charge on any atom is 0.217 e. The van der Waals surface area contributed by atoms with E-state index in [1.165, 1.54) is 6.92 Å². The van der Waals surface area contributed by atoms with Crippen molar-refractivity contribution < 1.29 is 20.1 Å². The van der Waals surface area contributed by atoms with Crippen molar-refractivity contribution in [1.29, 1.82) is 0 Å². The van der Waals surface area contributed by atoms with Gasteiger partial charge in [0.2, 0.25) is 5.91 Å². The molecule has 1 heterocycles. The molecular weight excluding hydrogens is 214 g/mol. The first kappa shape index (κ1) is 13.3. The zero-order valence-corrected chi connectivity index (χ0v) is 9.21. The molecule has 2 unspecified atom stereocenters. The molecule has 0 spiro atoms. The third-order valence-corrected chi connectivity index (χ3v) is 2.87. The first-order valence-corrected chi connectivity index (χ1v) is 5.19. The molecule has 1 aliphatic rings. The lowest BCUT2D eigenvalue weighted by Crippen LogP contribution is -2.67. The highest BCUT2D eigenvalue weighted by molar-refractivity contribution is 5.73. The largest absolute Gasteiger partial charge is 0.395 e. The van der Waals surface area contributed by atoms with E-state index in [4.69, 9.17) is 10.8 Å². The van der Waals surface area contributed by atoms with Crippen molar-refractivity contribution in [3.8, 4) is 0 Å². The molecule has 94 valence electrons. The van der Waals surface area contributed by atoms with Crippen LogP contribution in [-0.4, -0.2) is 70.2 Å². The normalized spacial score (nSPS) is 36.1. The summed E-state index contributed by atoms with van der Waals surface area (Å²) in [5, 5.41) is 31.2. The number of nitrogens with two attached hydrogens (primary N) is 1. The monoisotopic (exact) mass is 233 g/mol. The summed E-state index contributed by atoms with van der Waals surface area (Å²) < 4.78 is 0. The molecule has 7 heteroatoms. The van der Waals surface area contributed by atoms with Crippen LogP contribution in [0.2, 0.25) is 0 Å². The number of amides is 1. The van der Waals surface area contributed by atoms with E-state index in [0.29, 0.717) is 6.54 Å². The average molecular weight is 233 g/mol. The summed E-state index contributed by atoms with van der Waals surface area (Å²) >= 11 is 0.